The minimum absolute atomic E-state index is 0.0771. The summed E-state index contributed by atoms with van der Waals surface area (Å²) in [5, 5.41) is 9.27. The lowest BCUT2D eigenvalue weighted by Gasteiger charge is -2.32. The second-order valence-corrected chi connectivity index (χ2v) is 5.70. The van der Waals surface area contributed by atoms with E-state index in [1.165, 1.54) is 19.2 Å². The Labute approximate surface area is 135 Å². The van der Waals surface area contributed by atoms with Gasteiger partial charge in [-0.25, -0.2) is 4.79 Å². The van der Waals surface area contributed by atoms with E-state index < -0.39 is 5.97 Å². The molecule has 0 saturated carbocycles. The average molecular weight is 329 g/mol. The molecule has 1 aromatic rings. The zero-order valence-electron chi connectivity index (χ0n) is 12.8. The predicted octanol–water partition coefficient (Wildman–Crippen LogP) is 1.67. The van der Waals surface area contributed by atoms with Gasteiger partial charge in [0.1, 0.15) is 6.61 Å². The minimum Gasteiger partial charge on any atom is -0.493 e. The largest absolute Gasteiger partial charge is 0.493 e. The van der Waals surface area contributed by atoms with Gasteiger partial charge >= 0.3 is 5.97 Å². The molecule has 0 atom stereocenters. The van der Waals surface area contributed by atoms with Crippen molar-refractivity contribution in [2.24, 2.45) is 0 Å². The molecule has 122 valence electrons. The molecule has 0 aromatic heterocycles. The monoisotopic (exact) mass is 328 g/mol. The number of hydrogen-bond acceptors (Lipinski definition) is 5. The van der Waals surface area contributed by atoms with Crippen molar-refractivity contribution < 1.29 is 19.4 Å². The van der Waals surface area contributed by atoms with Crippen molar-refractivity contribution in [3.8, 4) is 11.5 Å². The maximum atomic E-state index is 11.0. The fraction of sp³-hybridized carbons (Fsp3) is 0.533. The van der Waals surface area contributed by atoms with Gasteiger partial charge in [-0.05, 0) is 19.2 Å². The highest BCUT2D eigenvalue weighted by Gasteiger charge is 2.17. The van der Waals surface area contributed by atoms with Crippen LogP contribution in [0.25, 0.3) is 0 Å². The lowest BCUT2D eigenvalue weighted by molar-refractivity contribution is 0.0696. The second kappa shape index (κ2) is 7.67. The van der Waals surface area contributed by atoms with Crippen molar-refractivity contribution in [2.75, 3.05) is 53.5 Å². The van der Waals surface area contributed by atoms with Crippen LogP contribution in [0.4, 0.5) is 0 Å². The van der Waals surface area contributed by atoms with Gasteiger partial charge in [-0.2, -0.15) is 0 Å². The van der Waals surface area contributed by atoms with Crippen molar-refractivity contribution in [1.29, 1.82) is 0 Å². The van der Waals surface area contributed by atoms with E-state index in [1.54, 1.807) is 0 Å². The Morgan fingerprint density at radius 3 is 2.59 bits per heavy atom. The maximum absolute atomic E-state index is 11.0. The molecular weight excluding hydrogens is 308 g/mol. The average Bonchev–Trinajstić information content (AvgIpc) is 2.50. The predicted molar refractivity (Wildman–Crippen MR) is 84.4 cm³/mol. The maximum Gasteiger partial charge on any atom is 0.335 e. The Morgan fingerprint density at radius 1 is 1.32 bits per heavy atom. The van der Waals surface area contributed by atoms with Gasteiger partial charge in [0.2, 0.25) is 0 Å². The summed E-state index contributed by atoms with van der Waals surface area (Å²) < 4.78 is 10.9. The van der Waals surface area contributed by atoms with Crippen molar-refractivity contribution in [1.82, 2.24) is 9.80 Å². The molecule has 0 amide bonds. The Morgan fingerprint density at radius 2 is 2.00 bits per heavy atom. The number of carboxylic acids is 1. The van der Waals surface area contributed by atoms with E-state index in [2.05, 4.69) is 16.8 Å². The number of carboxylic acid groups (broad SMARTS) is 1. The highest BCUT2D eigenvalue weighted by atomic mass is 35.5. The Balaban J connectivity index is 1.96. The number of hydrogen-bond donors (Lipinski definition) is 1. The Hall–Kier alpha value is -1.50. The number of piperazine rings is 1. The first-order chi connectivity index (χ1) is 10.5. The summed E-state index contributed by atoms with van der Waals surface area (Å²) in [5.41, 5.74) is 0.0771. The van der Waals surface area contributed by atoms with Gasteiger partial charge in [-0.1, -0.05) is 11.6 Å². The van der Waals surface area contributed by atoms with Crippen molar-refractivity contribution in [2.45, 2.75) is 0 Å². The van der Waals surface area contributed by atoms with Crippen LogP contribution < -0.4 is 9.47 Å². The number of ether oxygens (including phenoxy) is 2. The Bertz CT molecular complexity index is 531. The van der Waals surface area contributed by atoms with Crippen molar-refractivity contribution in [3.05, 3.63) is 22.7 Å². The molecule has 1 fully saturated rings. The van der Waals surface area contributed by atoms with Crippen LogP contribution in [0.1, 0.15) is 10.4 Å². The second-order valence-electron chi connectivity index (χ2n) is 5.29. The van der Waals surface area contributed by atoms with E-state index in [1.807, 2.05) is 0 Å². The number of methoxy groups -OCH3 is 1. The highest BCUT2D eigenvalue weighted by molar-refractivity contribution is 6.32. The zero-order valence-corrected chi connectivity index (χ0v) is 13.6. The topological polar surface area (TPSA) is 62.2 Å². The number of aromatic carboxylic acids is 1. The summed E-state index contributed by atoms with van der Waals surface area (Å²) in [4.78, 5) is 15.6. The van der Waals surface area contributed by atoms with Crippen LogP contribution in [0.3, 0.4) is 0 Å². The molecule has 0 bridgehead atoms. The first kappa shape index (κ1) is 16.9. The van der Waals surface area contributed by atoms with Crippen LogP contribution in [0.15, 0.2) is 12.1 Å². The molecule has 0 unspecified atom stereocenters. The van der Waals surface area contributed by atoms with Gasteiger partial charge in [0, 0.05) is 32.7 Å². The molecule has 1 aliphatic rings. The lowest BCUT2D eigenvalue weighted by Crippen LogP contribution is -2.45. The smallest absolute Gasteiger partial charge is 0.335 e. The third-order valence-electron chi connectivity index (χ3n) is 3.73. The summed E-state index contributed by atoms with van der Waals surface area (Å²) in [5.74, 6) is -0.323. The van der Waals surface area contributed by atoms with Crippen LogP contribution in [0.2, 0.25) is 5.02 Å². The minimum atomic E-state index is -1.05. The van der Waals surface area contributed by atoms with Gasteiger partial charge in [0.05, 0.1) is 17.7 Å². The van der Waals surface area contributed by atoms with Gasteiger partial charge in [0.25, 0.3) is 0 Å². The molecule has 1 heterocycles. The fourth-order valence-corrected chi connectivity index (χ4v) is 2.60. The molecule has 7 heteroatoms. The molecule has 1 aliphatic heterocycles. The van der Waals surface area contributed by atoms with E-state index in [9.17, 15) is 4.79 Å². The fourth-order valence-electron chi connectivity index (χ4n) is 2.33. The van der Waals surface area contributed by atoms with E-state index in [0.717, 1.165) is 32.7 Å². The van der Waals surface area contributed by atoms with E-state index in [0.29, 0.717) is 18.1 Å². The molecule has 0 radical (unpaired) electrons. The van der Waals surface area contributed by atoms with Gasteiger partial charge in [-0.3, -0.25) is 4.90 Å². The molecule has 1 N–H and O–H groups in total. The first-order valence-corrected chi connectivity index (χ1v) is 7.53. The van der Waals surface area contributed by atoms with Crippen LogP contribution in [-0.2, 0) is 0 Å². The molecule has 2 rings (SSSR count). The van der Waals surface area contributed by atoms with Crippen molar-refractivity contribution in [3.63, 3.8) is 0 Å². The lowest BCUT2D eigenvalue weighted by atomic mass is 10.2. The number of likely N-dealkylation sites (N-methyl/N-ethyl adjacent to an activating group) is 1. The SMILES string of the molecule is COc1cc(C(=O)O)cc(Cl)c1OCCN1CCN(C)CC1. The molecule has 1 saturated heterocycles. The number of benzene rings is 1. The molecule has 6 nitrogen and oxygen atoms in total. The normalized spacial score (nSPS) is 16.5. The summed E-state index contributed by atoms with van der Waals surface area (Å²) in [6, 6.07) is 2.79. The number of halogens is 1. The number of carbonyl (C=O) groups is 1. The molecule has 0 aliphatic carbocycles. The molecule has 1 aromatic carbocycles. The van der Waals surface area contributed by atoms with Crippen LogP contribution in [0.5, 0.6) is 11.5 Å². The van der Waals surface area contributed by atoms with E-state index in [4.69, 9.17) is 26.2 Å². The van der Waals surface area contributed by atoms with Gasteiger partial charge < -0.3 is 19.5 Å². The summed E-state index contributed by atoms with van der Waals surface area (Å²) >= 11 is 6.11. The Kier molecular flexibility index (Phi) is 5.88. The molecule has 0 spiro atoms. The summed E-state index contributed by atoms with van der Waals surface area (Å²) in [7, 11) is 3.58. The van der Waals surface area contributed by atoms with E-state index >= 15 is 0 Å². The first-order valence-electron chi connectivity index (χ1n) is 7.15. The molecule has 22 heavy (non-hydrogen) atoms. The van der Waals surface area contributed by atoms with Gasteiger partial charge in [0.15, 0.2) is 11.5 Å². The molecular formula is C15H21ClN2O4. The highest BCUT2D eigenvalue weighted by Crippen LogP contribution is 2.36. The summed E-state index contributed by atoms with van der Waals surface area (Å²) in [6.07, 6.45) is 0. The zero-order chi connectivity index (χ0) is 16.1. The quantitative estimate of drug-likeness (QED) is 0.857. The van der Waals surface area contributed by atoms with Gasteiger partial charge in [-0.15, -0.1) is 0 Å². The van der Waals surface area contributed by atoms with E-state index in [-0.39, 0.29) is 10.6 Å². The van der Waals surface area contributed by atoms with Crippen molar-refractivity contribution >= 4 is 17.6 Å². The van der Waals surface area contributed by atoms with Crippen LogP contribution in [0, 0.1) is 0 Å². The third kappa shape index (κ3) is 4.25. The number of rotatable bonds is 6. The van der Waals surface area contributed by atoms with Crippen LogP contribution in [-0.4, -0.2) is 74.4 Å². The van der Waals surface area contributed by atoms with Crippen LogP contribution >= 0.6 is 11.6 Å². The third-order valence-corrected chi connectivity index (χ3v) is 4.01. The summed E-state index contributed by atoms with van der Waals surface area (Å²) in [6.45, 7) is 5.42. The standard InChI is InChI=1S/C15H21ClN2O4/c1-17-3-5-18(6-4-17)7-8-22-14-12(16)9-11(15(19)20)10-13(14)21-2/h9-10H,3-8H2,1-2H3,(H,19,20). The number of nitrogens with zero attached hydrogens (tertiary/aromatic N) is 2.